The number of aromatic nitrogens is 2. The van der Waals surface area contributed by atoms with Gasteiger partial charge in [-0.2, -0.15) is 5.10 Å². The van der Waals surface area contributed by atoms with Gasteiger partial charge in [0.05, 0.1) is 12.2 Å². The van der Waals surface area contributed by atoms with Crippen LogP contribution in [0.2, 0.25) is 0 Å². The standard InChI is InChI=1S/C21H28N6O/c1-2-7-25-10-12-26(15-25)17-3-4-18-19(14-17)22-23-20(18)21(28)27-13-11-24-8-5-16(27)6-9-24/h3-4,10,12,14,16H,2,5-9,11,13,15H2,1H3,(H,22,23). The first-order valence-corrected chi connectivity index (χ1v) is 10.4. The van der Waals surface area contributed by atoms with E-state index < -0.39 is 0 Å². The molecule has 1 aromatic carbocycles. The van der Waals surface area contributed by atoms with Crippen molar-refractivity contribution in [3.8, 4) is 0 Å². The zero-order valence-corrected chi connectivity index (χ0v) is 16.5. The number of carbonyl (C=O) groups excluding carboxylic acids is 1. The number of piperidine rings is 1. The van der Waals surface area contributed by atoms with Crippen molar-refractivity contribution < 1.29 is 4.79 Å². The predicted octanol–water partition coefficient (Wildman–Crippen LogP) is 2.44. The highest BCUT2D eigenvalue weighted by molar-refractivity contribution is 6.05. The molecular weight excluding hydrogens is 352 g/mol. The monoisotopic (exact) mass is 380 g/mol. The lowest BCUT2D eigenvalue weighted by molar-refractivity contribution is 0.0681. The molecule has 7 nitrogen and oxygen atoms in total. The van der Waals surface area contributed by atoms with Gasteiger partial charge in [0.15, 0.2) is 5.69 Å². The Morgan fingerprint density at radius 1 is 1.18 bits per heavy atom. The molecule has 0 atom stereocenters. The molecule has 4 aliphatic heterocycles. The van der Waals surface area contributed by atoms with E-state index in [9.17, 15) is 4.79 Å². The number of nitrogens with one attached hydrogen (secondary N) is 1. The summed E-state index contributed by atoms with van der Waals surface area (Å²) in [4.78, 5) is 22.3. The van der Waals surface area contributed by atoms with Crippen molar-refractivity contribution in [1.82, 2.24) is 24.9 Å². The van der Waals surface area contributed by atoms with E-state index in [4.69, 9.17) is 0 Å². The third kappa shape index (κ3) is 3.03. The zero-order valence-electron chi connectivity index (χ0n) is 16.5. The maximum absolute atomic E-state index is 13.3. The largest absolute Gasteiger partial charge is 0.358 e. The van der Waals surface area contributed by atoms with Crippen LogP contribution in [0.15, 0.2) is 30.6 Å². The van der Waals surface area contributed by atoms with E-state index in [1.54, 1.807) is 0 Å². The number of anilines is 1. The number of aromatic amines is 1. The molecule has 4 aliphatic rings. The highest BCUT2D eigenvalue weighted by Gasteiger charge is 2.33. The molecule has 1 aromatic heterocycles. The fraction of sp³-hybridized carbons (Fsp3) is 0.524. The third-order valence-electron chi connectivity index (χ3n) is 6.30. The minimum absolute atomic E-state index is 0.0722. The lowest BCUT2D eigenvalue weighted by Gasteiger charge is -2.31. The van der Waals surface area contributed by atoms with Crippen LogP contribution in [0.25, 0.3) is 10.9 Å². The van der Waals surface area contributed by atoms with Crippen molar-refractivity contribution in [1.29, 1.82) is 0 Å². The number of H-pyrrole nitrogens is 1. The van der Waals surface area contributed by atoms with Crippen LogP contribution in [-0.4, -0.2) is 76.2 Å². The minimum atomic E-state index is 0.0722. The Balaban J connectivity index is 1.38. The molecule has 0 unspecified atom stereocenters. The Morgan fingerprint density at radius 3 is 2.86 bits per heavy atom. The molecular formula is C21H28N6O. The summed E-state index contributed by atoms with van der Waals surface area (Å²) in [6, 6.07) is 6.58. The summed E-state index contributed by atoms with van der Waals surface area (Å²) in [5, 5.41) is 8.43. The van der Waals surface area contributed by atoms with E-state index in [1.165, 1.54) is 0 Å². The van der Waals surface area contributed by atoms with Crippen molar-refractivity contribution in [3.63, 3.8) is 0 Å². The quantitative estimate of drug-likeness (QED) is 0.883. The molecule has 0 saturated carbocycles. The molecule has 3 fully saturated rings. The topological polar surface area (TPSA) is 58.7 Å². The van der Waals surface area contributed by atoms with E-state index in [2.05, 4.69) is 61.3 Å². The molecule has 0 radical (unpaired) electrons. The summed E-state index contributed by atoms with van der Waals surface area (Å²) in [7, 11) is 0. The molecule has 5 heterocycles. The summed E-state index contributed by atoms with van der Waals surface area (Å²) in [5.41, 5.74) is 2.60. The number of fused-ring (bicyclic) bond motifs is 5. The second-order valence-corrected chi connectivity index (χ2v) is 8.10. The van der Waals surface area contributed by atoms with Crippen LogP contribution in [0.1, 0.15) is 36.7 Å². The normalized spacial score (nSPS) is 24.4. The molecule has 3 saturated heterocycles. The van der Waals surface area contributed by atoms with Gasteiger partial charge in [-0.25, -0.2) is 0 Å². The minimum Gasteiger partial charge on any atom is -0.358 e. The Hall–Kier alpha value is -2.54. The number of nitrogens with zero attached hydrogens (tertiary/aromatic N) is 5. The molecule has 148 valence electrons. The second kappa shape index (κ2) is 7.13. The van der Waals surface area contributed by atoms with Crippen molar-refractivity contribution in [3.05, 3.63) is 36.3 Å². The molecule has 28 heavy (non-hydrogen) atoms. The average Bonchev–Trinajstić information content (AvgIpc) is 3.25. The number of carbonyl (C=O) groups is 1. The maximum atomic E-state index is 13.3. The summed E-state index contributed by atoms with van der Waals surface area (Å²) < 4.78 is 0. The number of amides is 1. The molecule has 0 spiro atoms. The highest BCUT2D eigenvalue weighted by Crippen LogP contribution is 2.28. The zero-order chi connectivity index (χ0) is 19.1. The molecule has 2 aromatic rings. The average molecular weight is 380 g/mol. The SMILES string of the molecule is CCCN1C=CN(c2ccc3c(C(=O)N4CCN5CCC4CC5)n[nH]c3c2)C1. The molecule has 7 heteroatoms. The number of hydrogen-bond acceptors (Lipinski definition) is 5. The fourth-order valence-electron chi connectivity index (χ4n) is 4.70. The van der Waals surface area contributed by atoms with E-state index in [1.807, 2.05) is 6.07 Å². The second-order valence-electron chi connectivity index (χ2n) is 8.10. The van der Waals surface area contributed by atoms with E-state index >= 15 is 0 Å². The first-order chi connectivity index (χ1) is 13.7. The van der Waals surface area contributed by atoms with Gasteiger partial charge in [-0.05, 0) is 37.5 Å². The van der Waals surface area contributed by atoms with Crippen molar-refractivity contribution in [2.24, 2.45) is 0 Å². The Kier molecular flexibility index (Phi) is 4.47. The Bertz CT molecular complexity index is 897. The molecule has 6 rings (SSSR count). The number of benzene rings is 1. The summed E-state index contributed by atoms with van der Waals surface area (Å²) in [6.07, 6.45) is 7.54. The van der Waals surface area contributed by atoms with Crippen LogP contribution in [0.3, 0.4) is 0 Å². The van der Waals surface area contributed by atoms with E-state index in [0.717, 1.165) is 75.2 Å². The number of rotatable bonds is 4. The van der Waals surface area contributed by atoms with Gasteiger partial charge in [0, 0.05) is 62.2 Å². The highest BCUT2D eigenvalue weighted by atomic mass is 16.2. The molecule has 0 aliphatic carbocycles. The Labute approximate surface area is 165 Å². The first kappa shape index (κ1) is 17.6. The van der Waals surface area contributed by atoms with Crippen molar-refractivity contribution in [2.75, 3.05) is 44.3 Å². The van der Waals surface area contributed by atoms with Gasteiger partial charge in [-0.3, -0.25) is 9.89 Å². The summed E-state index contributed by atoms with van der Waals surface area (Å²) >= 11 is 0. The third-order valence-corrected chi connectivity index (χ3v) is 6.30. The fourth-order valence-corrected chi connectivity index (χ4v) is 4.70. The lowest BCUT2D eigenvalue weighted by atomic mass is 10.0. The lowest BCUT2D eigenvalue weighted by Crippen LogP contribution is -2.41. The van der Waals surface area contributed by atoms with Gasteiger partial charge < -0.3 is 19.6 Å². The van der Waals surface area contributed by atoms with Gasteiger partial charge >= 0.3 is 0 Å². The molecule has 1 amide bonds. The van der Waals surface area contributed by atoms with E-state index in [0.29, 0.717) is 11.7 Å². The summed E-state index contributed by atoms with van der Waals surface area (Å²) in [5.74, 6) is 0.0722. The van der Waals surface area contributed by atoms with Gasteiger partial charge in [-0.15, -0.1) is 0 Å². The van der Waals surface area contributed by atoms with Gasteiger partial charge in [-0.1, -0.05) is 6.92 Å². The van der Waals surface area contributed by atoms with Crippen LogP contribution >= 0.6 is 0 Å². The van der Waals surface area contributed by atoms with Gasteiger partial charge in [0.2, 0.25) is 0 Å². The maximum Gasteiger partial charge on any atom is 0.275 e. The van der Waals surface area contributed by atoms with Crippen LogP contribution in [-0.2, 0) is 0 Å². The van der Waals surface area contributed by atoms with Gasteiger partial charge in [0.1, 0.15) is 0 Å². The summed E-state index contributed by atoms with van der Waals surface area (Å²) in [6.45, 7) is 8.12. The van der Waals surface area contributed by atoms with Gasteiger partial charge in [0.25, 0.3) is 5.91 Å². The van der Waals surface area contributed by atoms with Crippen LogP contribution in [0.5, 0.6) is 0 Å². The van der Waals surface area contributed by atoms with Crippen LogP contribution in [0.4, 0.5) is 5.69 Å². The smallest absolute Gasteiger partial charge is 0.275 e. The van der Waals surface area contributed by atoms with Crippen LogP contribution < -0.4 is 4.90 Å². The number of hydrogen-bond donors (Lipinski definition) is 1. The Morgan fingerprint density at radius 2 is 2.04 bits per heavy atom. The van der Waals surface area contributed by atoms with E-state index in [-0.39, 0.29) is 5.91 Å². The molecule has 2 bridgehead atoms. The predicted molar refractivity (Wildman–Crippen MR) is 110 cm³/mol. The van der Waals surface area contributed by atoms with Crippen LogP contribution in [0, 0.1) is 0 Å². The first-order valence-electron chi connectivity index (χ1n) is 10.4. The molecule has 1 N–H and O–H groups in total. The van der Waals surface area contributed by atoms with Crippen molar-refractivity contribution >= 4 is 22.5 Å². The van der Waals surface area contributed by atoms with Crippen molar-refractivity contribution in [2.45, 2.75) is 32.2 Å².